The summed E-state index contributed by atoms with van der Waals surface area (Å²) in [6, 6.07) is 0. The van der Waals surface area contributed by atoms with Crippen molar-refractivity contribution < 1.29 is 9.90 Å². The van der Waals surface area contributed by atoms with Crippen molar-refractivity contribution in [1.29, 1.82) is 0 Å². The number of nitrogens with two attached hydrogens (primary N) is 1. The quantitative estimate of drug-likeness (QED) is 0.582. The molecule has 0 aromatic carbocycles. The zero-order chi connectivity index (χ0) is 10.8. The summed E-state index contributed by atoms with van der Waals surface area (Å²) in [6.07, 6.45) is 3.34. The zero-order valence-corrected chi connectivity index (χ0v) is 9.68. The molecule has 1 atom stereocenters. The van der Waals surface area contributed by atoms with Crippen molar-refractivity contribution in [2.75, 3.05) is 18.1 Å². The van der Waals surface area contributed by atoms with Crippen molar-refractivity contribution in [3.05, 3.63) is 0 Å². The van der Waals surface area contributed by atoms with Gasteiger partial charge in [-0.15, -0.1) is 0 Å². The number of hydrogen-bond donors (Lipinski definition) is 2. The molecule has 14 heavy (non-hydrogen) atoms. The summed E-state index contributed by atoms with van der Waals surface area (Å²) in [6.45, 7) is 2.71. The molecule has 4 heteroatoms. The number of hydrogen-bond acceptors (Lipinski definition) is 3. The van der Waals surface area contributed by atoms with E-state index in [1.807, 2.05) is 11.8 Å². The second kappa shape index (κ2) is 9.34. The fourth-order valence-electron chi connectivity index (χ4n) is 1.33. The first-order valence-corrected chi connectivity index (χ1v) is 6.38. The van der Waals surface area contributed by atoms with E-state index in [0.717, 1.165) is 37.2 Å². The van der Waals surface area contributed by atoms with E-state index in [9.17, 15) is 4.79 Å². The Hall–Kier alpha value is -0.220. The molecular weight excluding hydrogens is 198 g/mol. The molecule has 0 bridgehead atoms. The maximum absolute atomic E-state index is 10.8. The van der Waals surface area contributed by atoms with Crippen LogP contribution in [0.5, 0.6) is 0 Å². The summed E-state index contributed by atoms with van der Waals surface area (Å²) in [5, 5.41) is 8.91. The minimum absolute atomic E-state index is 0.184. The number of carboxylic acids is 1. The van der Waals surface area contributed by atoms with Gasteiger partial charge in [-0.3, -0.25) is 4.79 Å². The minimum atomic E-state index is -0.667. The van der Waals surface area contributed by atoms with Gasteiger partial charge < -0.3 is 10.8 Å². The number of thioether (sulfide) groups is 1. The normalized spacial score (nSPS) is 12.7. The average Bonchev–Trinajstić information content (AvgIpc) is 2.16. The zero-order valence-electron chi connectivity index (χ0n) is 8.87. The molecular formula is C10H21NO2S. The first-order chi connectivity index (χ1) is 6.72. The van der Waals surface area contributed by atoms with E-state index in [2.05, 4.69) is 6.92 Å². The summed E-state index contributed by atoms with van der Waals surface area (Å²) < 4.78 is 0. The number of aliphatic carboxylic acids is 1. The Bertz CT molecular complexity index is 153. The lowest BCUT2D eigenvalue weighted by Gasteiger charge is -2.10. The molecule has 0 amide bonds. The van der Waals surface area contributed by atoms with Crippen LogP contribution in [0.1, 0.15) is 32.6 Å². The number of carbonyl (C=O) groups is 1. The Labute approximate surface area is 90.4 Å². The van der Waals surface area contributed by atoms with Crippen LogP contribution in [0.3, 0.4) is 0 Å². The predicted octanol–water partition coefficient (Wildman–Crippen LogP) is 1.96. The fraction of sp³-hybridized carbons (Fsp3) is 0.900. The van der Waals surface area contributed by atoms with Crippen LogP contribution in [-0.2, 0) is 4.79 Å². The highest BCUT2D eigenvalue weighted by atomic mass is 32.2. The van der Waals surface area contributed by atoms with Crippen LogP contribution in [0, 0.1) is 5.92 Å². The number of carboxylic acid groups (broad SMARTS) is 1. The Morgan fingerprint density at radius 3 is 2.57 bits per heavy atom. The summed E-state index contributed by atoms with van der Waals surface area (Å²) in [5.41, 5.74) is 5.36. The predicted molar refractivity (Wildman–Crippen MR) is 61.6 cm³/mol. The maximum atomic E-state index is 10.8. The molecule has 0 rings (SSSR count). The van der Waals surface area contributed by atoms with Gasteiger partial charge in [0.05, 0.1) is 5.92 Å². The van der Waals surface area contributed by atoms with Crippen LogP contribution in [0.4, 0.5) is 0 Å². The molecule has 0 spiro atoms. The highest BCUT2D eigenvalue weighted by Gasteiger charge is 2.15. The van der Waals surface area contributed by atoms with Crippen LogP contribution >= 0.6 is 11.8 Å². The van der Waals surface area contributed by atoms with Crippen LogP contribution in [0.15, 0.2) is 0 Å². The number of rotatable bonds is 9. The minimum Gasteiger partial charge on any atom is -0.481 e. The van der Waals surface area contributed by atoms with Gasteiger partial charge in [-0.1, -0.05) is 6.92 Å². The van der Waals surface area contributed by atoms with Gasteiger partial charge in [0.15, 0.2) is 0 Å². The van der Waals surface area contributed by atoms with Gasteiger partial charge in [0.1, 0.15) is 0 Å². The van der Waals surface area contributed by atoms with E-state index in [-0.39, 0.29) is 5.92 Å². The lowest BCUT2D eigenvalue weighted by molar-refractivity contribution is -0.142. The van der Waals surface area contributed by atoms with Crippen molar-refractivity contribution in [3.63, 3.8) is 0 Å². The third-order valence-corrected chi connectivity index (χ3v) is 3.14. The highest BCUT2D eigenvalue weighted by molar-refractivity contribution is 7.99. The first kappa shape index (κ1) is 13.8. The Balaban J connectivity index is 3.57. The van der Waals surface area contributed by atoms with Gasteiger partial charge in [0.2, 0.25) is 0 Å². The molecule has 0 saturated heterocycles. The Kier molecular flexibility index (Phi) is 9.19. The molecule has 3 nitrogen and oxygen atoms in total. The van der Waals surface area contributed by atoms with E-state index in [0.29, 0.717) is 6.54 Å². The van der Waals surface area contributed by atoms with Crippen molar-refractivity contribution >= 4 is 17.7 Å². The highest BCUT2D eigenvalue weighted by Crippen LogP contribution is 2.15. The van der Waals surface area contributed by atoms with Gasteiger partial charge >= 0.3 is 5.97 Å². The molecule has 3 N–H and O–H groups in total. The molecule has 84 valence electrons. The van der Waals surface area contributed by atoms with Crippen LogP contribution in [-0.4, -0.2) is 29.1 Å². The Morgan fingerprint density at radius 2 is 2.07 bits per heavy atom. The van der Waals surface area contributed by atoms with E-state index in [1.165, 1.54) is 0 Å². The lowest BCUT2D eigenvalue weighted by atomic mass is 9.98. The van der Waals surface area contributed by atoms with E-state index >= 15 is 0 Å². The molecule has 0 aromatic rings. The molecule has 0 radical (unpaired) electrons. The largest absolute Gasteiger partial charge is 0.481 e. The van der Waals surface area contributed by atoms with Gasteiger partial charge in [0.25, 0.3) is 0 Å². The van der Waals surface area contributed by atoms with Crippen molar-refractivity contribution in [2.24, 2.45) is 11.7 Å². The van der Waals surface area contributed by atoms with E-state index < -0.39 is 5.97 Å². The summed E-state index contributed by atoms with van der Waals surface area (Å²) in [5.74, 6) is 1.33. The summed E-state index contributed by atoms with van der Waals surface area (Å²) in [7, 11) is 0. The molecule has 0 fully saturated rings. The first-order valence-electron chi connectivity index (χ1n) is 5.23. The molecule has 0 aliphatic rings. The topological polar surface area (TPSA) is 63.3 Å². The van der Waals surface area contributed by atoms with Gasteiger partial charge in [-0.05, 0) is 43.7 Å². The van der Waals surface area contributed by atoms with Crippen LogP contribution < -0.4 is 5.73 Å². The van der Waals surface area contributed by atoms with Crippen LogP contribution in [0.25, 0.3) is 0 Å². The SMILES string of the molecule is CCSCCCC(CCCN)C(=O)O. The standard InChI is InChI=1S/C10H21NO2S/c1-2-14-8-4-6-9(10(12)13)5-3-7-11/h9H,2-8,11H2,1H3,(H,12,13). The van der Waals surface area contributed by atoms with E-state index in [1.54, 1.807) is 0 Å². The third-order valence-electron chi connectivity index (χ3n) is 2.15. The van der Waals surface area contributed by atoms with Gasteiger partial charge in [-0.25, -0.2) is 0 Å². The molecule has 0 aliphatic heterocycles. The molecule has 0 aliphatic carbocycles. The van der Waals surface area contributed by atoms with E-state index in [4.69, 9.17) is 10.8 Å². The summed E-state index contributed by atoms with van der Waals surface area (Å²) >= 11 is 1.87. The second-order valence-electron chi connectivity index (χ2n) is 3.31. The maximum Gasteiger partial charge on any atom is 0.306 e. The Morgan fingerprint density at radius 1 is 1.43 bits per heavy atom. The molecule has 0 saturated carbocycles. The van der Waals surface area contributed by atoms with Crippen molar-refractivity contribution in [3.8, 4) is 0 Å². The molecule has 0 aromatic heterocycles. The van der Waals surface area contributed by atoms with Crippen molar-refractivity contribution in [2.45, 2.75) is 32.6 Å². The smallest absolute Gasteiger partial charge is 0.306 e. The average molecular weight is 219 g/mol. The molecule has 1 unspecified atom stereocenters. The third kappa shape index (κ3) is 7.21. The van der Waals surface area contributed by atoms with Gasteiger partial charge in [-0.2, -0.15) is 11.8 Å². The fourth-order valence-corrected chi connectivity index (χ4v) is 1.99. The second-order valence-corrected chi connectivity index (χ2v) is 4.70. The lowest BCUT2D eigenvalue weighted by Crippen LogP contribution is -2.15. The van der Waals surface area contributed by atoms with Crippen molar-refractivity contribution in [1.82, 2.24) is 0 Å². The van der Waals surface area contributed by atoms with Crippen LogP contribution in [0.2, 0.25) is 0 Å². The van der Waals surface area contributed by atoms with Gasteiger partial charge in [0, 0.05) is 0 Å². The summed E-state index contributed by atoms with van der Waals surface area (Å²) in [4.78, 5) is 10.8. The molecule has 0 heterocycles. The monoisotopic (exact) mass is 219 g/mol.